The molecule has 35 heavy (non-hydrogen) atoms. The number of carbonyl (C=O) groups is 1. The van der Waals surface area contributed by atoms with Gasteiger partial charge in [0.2, 0.25) is 15.9 Å². The second-order valence-corrected chi connectivity index (χ2v) is 11.5. The van der Waals surface area contributed by atoms with Crippen LogP contribution in [0.3, 0.4) is 0 Å². The van der Waals surface area contributed by atoms with E-state index in [4.69, 9.17) is 17.3 Å². The van der Waals surface area contributed by atoms with E-state index >= 15 is 0 Å². The van der Waals surface area contributed by atoms with E-state index in [0.29, 0.717) is 37.7 Å². The number of nitrogens with two attached hydrogens (primary N) is 1. The molecule has 5 rings (SSSR count). The maximum Gasteiger partial charge on any atom is 0.243 e. The van der Waals surface area contributed by atoms with Crippen molar-refractivity contribution in [1.82, 2.24) is 9.21 Å². The first-order valence-corrected chi connectivity index (χ1v) is 13.5. The number of carbonyl (C=O) groups excluding carboxylic acids is 1. The molecule has 0 spiro atoms. The summed E-state index contributed by atoms with van der Waals surface area (Å²) in [5.74, 6) is 0.0832. The number of fused-ring (bicyclic) bond motifs is 2. The molecule has 3 aromatic carbocycles. The number of sulfonamides is 1. The molecule has 1 aliphatic heterocycles. The maximum absolute atomic E-state index is 13.3. The van der Waals surface area contributed by atoms with Crippen molar-refractivity contribution >= 4 is 50.7 Å². The Morgan fingerprint density at radius 2 is 1.66 bits per heavy atom. The van der Waals surface area contributed by atoms with Crippen LogP contribution in [-0.2, 0) is 34.2 Å². The highest BCUT2D eigenvalue weighted by Crippen LogP contribution is 2.29. The molecule has 0 bridgehead atoms. The lowest BCUT2D eigenvalue weighted by atomic mass is 9.82. The second-order valence-electron chi connectivity index (χ2n) is 9.13. The van der Waals surface area contributed by atoms with Crippen LogP contribution in [0.25, 0.3) is 10.8 Å². The smallest absolute Gasteiger partial charge is 0.243 e. The first kappa shape index (κ1) is 25.9. The van der Waals surface area contributed by atoms with Gasteiger partial charge in [-0.2, -0.15) is 4.31 Å². The largest absolute Gasteiger partial charge is 0.340 e. The number of hydrogen-bond acceptors (Lipinski definition) is 4. The first-order valence-electron chi connectivity index (χ1n) is 11.6. The van der Waals surface area contributed by atoms with E-state index in [0.717, 1.165) is 35.6 Å². The zero-order valence-electron chi connectivity index (χ0n) is 19.3. The van der Waals surface area contributed by atoms with Crippen molar-refractivity contribution in [2.24, 2.45) is 11.7 Å². The Hall–Kier alpha value is -2.16. The van der Waals surface area contributed by atoms with E-state index in [1.165, 1.54) is 15.4 Å². The number of halogens is 2. The standard InChI is InChI=1S/C26H28ClN3O3S.ClH/c27-24-7-5-22-16-25(8-6-21(22)15-24)34(32,33)30-11-9-29(10-12-30)26(31)23-4-3-19-13-18(17-28)1-2-20(19)14-23;/h1-2,5-8,13,15-16,23H,3-4,9-12,14,17,28H2;1H/t23-;/m0./s1. The maximum atomic E-state index is 13.3. The number of benzene rings is 3. The molecule has 1 saturated heterocycles. The van der Waals surface area contributed by atoms with E-state index in [-0.39, 0.29) is 29.1 Å². The topological polar surface area (TPSA) is 83.7 Å². The number of hydrogen-bond donors (Lipinski definition) is 1. The van der Waals surface area contributed by atoms with Gasteiger partial charge in [0.05, 0.1) is 4.90 Å². The normalized spacial score (nSPS) is 18.7. The molecule has 1 amide bonds. The van der Waals surface area contributed by atoms with Gasteiger partial charge in [-0.25, -0.2) is 8.42 Å². The summed E-state index contributed by atoms with van der Waals surface area (Å²) < 4.78 is 28.0. The second kappa shape index (κ2) is 10.4. The molecule has 0 unspecified atom stereocenters. The summed E-state index contributed by atoms with van der Waals surface area (Å²) in [4.78, 5) is 15.3. The van der Waals surface area contributed by atoms with E-state index < -0.39 is 10.0 Å². The fraction of sp³-hybridized carbons (Fsp3) is 0.346. The van der Waals surface area contributed by atoms with E-state index in [1.807, 2.05) is 23.1 Å². The SMILES string of the molecule is Cl.NCc1ccc2c(c1)CC[C@H](C(=O)N1CCN(S(=O)(=O)c3ccc4cc(Cl)ccc4c3)CC1)C2. The number of piperazine rings is 1. The monoisotopic (exact) mass is 533 g/mol. The van der Waals surface area contributed by atoms with Crippen LogP contribution in [0.2, 0.25) is 5.02 Å². The van der Waals surface area contributed by atoms with Gasteiger partial charge in [0, 0.05) is 43.7 Å². The molecule has 1 heterocycles. The molecule has 0 radical (unpaired) electrons. The predicted molar refractivity (Wildman–Crippen MR) is 141 cm³/mol. The summed E-state index contributed by atoms with van der Waals surface area (Å²) in [5.41, 5.74) is 9.39. The predicted octanol–water partition coefficient (Wildman–Crippen LogP) is 4.01. The van der Waals surface area contributed by atoms with Crippen molar-refractivity contribution in [2.45, 2.75) is 30.7 Å². The number of rotatable bonds is 4. The van der Waals surface area contributed by atoms with Gasteiger partial charge in [0.1, 0.15) is 0 Å². The molecule has 9 heteroatoms. The van der Waals surface area contributed by atoms with Gasteiger partial charge in [-0.05, 0) is 71.0 Å². The summed E-state index contributed by atoms with van der Waals surface area (Å²) in [6, 6.07) is 16.8. The molecule has 0 aromatic heterocycles. The van der Waals surface area contributed by atoms with Crippen molar-refractivity contribution < 1.29 is 13.2 Å². The molecule has 1 atom stereocenters. The summed E-state index contributed by atoms with van der Waals surface area (Å²) in [7, 11) is -3.63. The number of aryl methyl sites for hydroxylation is 1. The minimum atomic E-state index is -3.63. The lowest BCUT2D eigenvalue weighted by Crippen LogP contribution is -2.52. The van der Waals surface area contributed by atoms with Crippen LogP contribution in [0.1, 0.15) is 23.1 Å². The minimum absolute atomic E-state index is 0. The summed E-state index contributed by atoms with van der Waals surface area (Å²) in [5, 5.41) is 2.34. The van der Waals surface area contributed by atoms with Gasteiger partial charge < -0.3 is 10.6 Å². The molecule has 1 aliphatic carbocycles. The van der Waals surface area contributed by atoms with Crippen molar-refractivity contribution in [2.75, 3.05) is 26.2 Å². The van der Waals surface area contributed by atoms with Crippen LogP contribution < -0.4 is 5.73 Å². The Bertz CT molecular complexity index is 1360. The van der Waals surface area contributed by atoms with Gasteiger partial charge in [-0.1, -0.05) is 41.9 Å². The average molecular weight is 535 g/mol. The highest BCUT2D eigenvalue weighted by atomic mass is 35.5. The Balaban J connectivity index is 0.00000289. The number of amides is 1. The molecule has 2 N–H and O–H groups in total. The molecular formula is C26H29Cl2N3O3S. The quantitative estimate of drug-likeness (QED) is 0.549. The van der Waals surface area contributed by atoms with Crippen molar-refractivity contribution in [3.8, 4) is 0 Å². The number of nitrogens with zero attached hydrogens (tertiary/aromatic N) is 2. The van der Waals surface area contributed by atoms with Crippen molar-refractivity contribution in [3.05, 3.63) is 76.3 Å². The van der Waals surface area contributed by atoms with Crippen LogP contribution >= 0.6 is 24.0 Å². The van der Waals surface area contributed by atoms with Crippen molar-refractivity contribution in [3.63, 3.8) is 0 Å². The zero-order chi connectivity index (χ0) is 23.9. The third-order valence-corrected chi connectivity index (χ3v) is 9.18. The van der Waals surface area contributed by atoms with E-state index in [2.05, 4.69) is 12.1 Å². The molecule has 1 fully saturated rings. The molecule has 2 aliphatic rings. The van der Waals surface area contributed by atoms with Gasteiger partial charge in [0.15, 0.2) is 0 Å². The summed E-state index contributed by atoms with van der Waals surface area (Å²) in [6.45, 7) is 1.95. The first-order chi connectivity index (χ1) is 16.3. The van der Waals surface area contributed by atoms with Gasteiger partial charge in [-0.3, -0.25) is 4.79 Å². The third kappa shape index (κ3) is 5.20. The zero-order valence-corrected chi connectivity index (χ0v) is 21.7. The van der Waals surface area contributed by atoms with E-state index in [9.17, 15) is 13.2 Å². The van der Waals surface area contributed by atoms with Crippen LogP contribution in [0, 0.1) is 5.92 Å². The highest BCUT2D eigenvalue weighted by molar-refractivity contribution is 7.89. The minimum Gasteiger partial charge on any atom is -0.340 e. The average Bonchev–Trinajstić information content (AvgIpc) is 2.87. The van der Waals surface area contributed by atoms with Crippen LogP contribution in [0.15, 0.2) is 59.5 Å². The molecule has 3 aromatic rings. The molecule has 186 valence electrons. The molecule has 6 nitrogen and oxygen atoms in total. The Kier molecular flexibility index (Phi) is 7.74. The van der Waals surface area contributed by atoms with Crippen LogP contribution in [0.5, 0.6) is 0 Å². The lowest BCUT2D eigenvalue weighted by molar-refractivity contribution is -0.137. The molecule has 0 saturated carbocycles. The molecular weight excluding hydrogens is 505 g/mol. The van der Waals surface area contributed by atoms with Crippen LogP contribution in [-0.4, -0.2) is 49.7 Å². The van der Waals surface area contributed by atoms with Crippen LogP contribution in [0.4, 0.5) is 0 Å². The summed E-state index contributed by atoms with van der Waals surface area (Å²) in [6.07, 6.45) is 2.43. The Morgan fingerprint density at radius 3 is 2.40 bits per heavy atom. The Labute approximate surface area is 217 Å². The lowest BCUT2D eigenvalue weighted by Gasteiger charge is -2.36. The van der Waals surface area contributed by atoms with Crippen molar-refractivity contribution in [1.29, 1.82) is 0 Å². The fourth-order valence-corrected chi connectivity index (χ4v) is 6.70. The van der Waals surface area contributed by atoms with E-state index in [1.54, 1.807) is 24.3 Å². The summed E-state index contributed by atoms with van der Waals surface area (Å²) >= 11 is 6.04. The van der Waals surface area contributed by atoms with Gasteiger partial charge in [0.25, 0.3) is 0 Å². The van der Waals surface area contributed by atoms with Gasteiger partial charge >= 0.3 is 0 Å². The van der Waals surface area contributed by atoms with Gasteiger partial charge in [-0.15, -0.1) is 12.4 Å². The fourth-order valence-electron chi connectivity index (χ4n) is 5.06. The Morgan fingerprint density at radius 1 is 0.943 bits per heavy atom. The third-order valence-electron chi connectivity index (χ3n) is 7.05. The highest BCUT2D eigenvalue weighted by Gasteiger charge is 2.34.